The van der Waals surface area contributed by atoms with Gasteiger partial charge in [-0.05, 0) is 62.3 Å². The Balaban J connectivity index is 1.63. The number of fused-ring (bicyclic) bond motifs is 1. The Bertz CT molecular complexity index is 1260. The maximum atomic E-state index is 13.4. The number of anilines is 1. The molecule has 0 spiro atoms. The lowest BCUT2D eigenvalue weighted by molar-refractivity contribution is 0.174. The lowest BCUT2D eigenvalue weighted by Crippen LogP contribution is -2.45. The third-order valence-corrected chi connectivity index (χ3v) is 6.75. The maximum absolute atomic E-state index is 13.4. The minimum Gasteiger partial charge on any atom is -0.497 e. The van der Waals surface area contributed by atoms with Crippen molar-refractivity contribution < 1.29 is 19.0 Å². The van der Waals surface area contributed by atoms with Crippen LogP contribution in [-0.2, 0) is 6.54 Å². The number of hydrogen-bond acceptors (Lipinski definition) is 6. The smallest absolute Gasteiger partial charge is 0.322 e. The van der Waals surface area contributed by atoms with E-state index in [1.807, 2.05) is 12.1 Å². The number of rotatable bonds is 9. The van der Waals surface area contributed by atoms with Crippen molar-refractivity contribution >= 4 is 22.6 Å². The van der Waals surface area contributed by atoms with E-state index in [0.29, 0.717) is 40.6 Å². The second-order valence-corrected chi connectivity index (χ2v) is 8.88. The third-order valence-electron chi connectivity index (χ3n) is 6.75. The van der Waals surface area contributed by atoms with Crippen molar-refractivity contribution in [1.29, 1.82) is 0 Å². The van der Waals surface area contributed by atoms with Crippen molar-refractivity contribution in [3.05, 3.63) is 58.4 Å². The van der Waals surface area contributed by atoms with Gasteiger partial charge < -0.3 is 29.4 Å². The first-order valence-corrected chi connectivity index (χ1v) is 12.2. The number of likely N-dealkylation sites (N-methyl/N-ethyl adjacent to an activating group) is 1. The average molecular weight is 495 g/mol. The van der Waals surface area contributed by atoms with Gasteiger partial charge in [0.1, 0.15) is 5.75 Å². The molecular weight excluding hydrogens is 460 g/mol. The van der Waals surface area contributed by atoms with E-state index >= 15 is 0 Å². The third kappa shape index (κ3) is 5.57. The number of pyridine rings is 1. The first-order chi connectivity index (χ1) is 17.4. The lowest BCUT2D eigenvalue weighted by Gasteiger charge is -2.30. The van der Waals surface area contributed by atoms with Crippen LogP contribution < -0.4 is 25.1 Å². The summed E-state index contributed by atoms with van der Waals surface area (Å²) < 4.78 is 16.0. The lowest BCUT2D eigenvalue weighted by atomic mass is 10.1. The molecule has 2 heterocycles. The average Bonchev–Trinajstić information content (AvgIpc) is 3.35. The standard InChI is InChI=1S/C27H34N4O5/c1-5-30-12-6-7-21(30)17-31(27(33)28-20-8-10-22(34-2)11-9-20)16-19-13-18-14-24(35-3)25(36-4)15-23(18)29-26(19)32/h8-11,13-15,21H,5-7,12,16-17H2,1-4H3,(H,28,33)(H,29,32)/t21-/m1/s1. The highest BCUT2D eigenvalue weighted by molar-refractivity contribution is 5.89. The summed E-state index contributed by atoms with van der Waals surface area (Å²) >= 11 is 0. The molecule has 1 fully saturated rings. The number of carbonyl (C=O) groups is 1. The number of ether oxygens (including phenoxy) is 3. The summed E-state index contributed by atoms with van der Waals surface area (Å²) in [5, 5.41) is 3.77. The molecule has 2 amide bonds. The van der Waals surface area contributed by atoms with E-state index in [4.69, 9.17) is 14.2 Å². The van der Waals surface area contributed by atoms with E-state index in [1.165, 1.54) is 0 Å². The van der Waals surface area contributed by atoms with Gasteiger partial charge in [0, 0.05) is 35.3 Å². The van der Waals surface area contributed by atoms with Crippen LogP contribution in [0.1, 0.15) is 25.3 Å². The van der Waals surface area contributed by atoms with Crippen molar-refractivity contribution in [1.82, 2.24) is 14.8 Å². The van der Waals surface area contributed by atoms with E-state index in [0.717, 1.165) is 31.3 Å². The predicted molar refractivity (Wildman–Crippen MR) is 140 cm³/mol. The van der Waals surface area contributed by atoms with Crippen molar-refractivity contribution in [3.63, 3.8) is 0 Å². The molecule has 1 saturated heterocycles. The number of urea groups is 1. The minimum absolute atomic E-state index is 0.176. The minimum atomic E-state index is -0.255. The number of hydrogen-bond donors (Lipinski definition) is 2. The summed E-state index contributed by atoms with van der Waals surface area (Å²) in [5.74, 6) is 1.82. The molecular formula is C27H34N4O5. The summed E-state index contributed by atoms with van der Waals surface area (Å²) in [7, 11) is 4.73. The largest absolute Gasteiger partial charge is 0.497 e. The molecule has 9 heteroatoms. The number of aromatic nitrogens is 1. The van der Waals surface area contributed by atoms with Gasteiger partial charge in [-0.25, -0.2) is 4.79 Å². The van der Waals surface area contributed by atoms with Crippen LogP contribution in [0.5, 0.6) is 17.2 Å². The van der Waals surface area contributed by atoms with Crippen LogP contribution in [0.2, 0.25) is 0 Å². The fourth-order valence-corrected chi connectivity index (χ4v) is 4.77. The van der Waals surface area contributed by atoms with Crippen LogP contribution in [0.4, 0.5) is 10.5 Å². The predicted octanol–water partition coefficient (Wildman–Crippen LogP) is 4.07. The maximum Gasteiger partial charge on any atom is 0.322 e. The summed E-state index contributed by atoms with van der Waals surface area (Å²) in [6, 6.07) is 12.6. The van der Waals surface area contributed by atoms with Crippen LogP contribution in [0, 0.1) is 0 Å². The van der Waals surface area contributed by atoms with Gasteiger partial charge in [0.15, 0.2) is 11.5 Å². The highest BCUT2D eigenvalue weighted by Gasteiger charge is 2.28. The molecule has 1 atom stereocenters. The van der Waals surface area contributed by atoms with Gasteiger partial charge in [-0.1, -0.05) is 6.92 Å². The van der Waals surface area contributed by atoms with Crippen molar-refractivity contribution in [2.45, 2.75) is 32.4 Å². The molecule has 0 saturated carbocycles. The first-order valence-electron chi connectivity index (χ1n) is 12.2. The number of carbonyl (C=O) groups excluding carboxylic acids is 1. The van der Waals surface area contributed by atoms with Crippen LogP contribution in [0.3, 0.4) is 0 Å². The van der Waals surface area contributed by atoms with Gasteiger partial charge in [-0.2, -0.15) is 0 Å². The van der Waals surface area contributed by atoms with Gasteiger partial charge >= 0.3 is 6.03 Å². The summed E-state index contributed by atoms with van der Waals surface area (Å²) in [5.41, 5.74) is 1.56. The first kappa shape index (κ1) is 25.4. The number of amides is 2. The van der Waals surface area contributed by atoms with Gasteiger partial charge in [0.05, 0.1) is 33.4 Å². The van der Waals surface area contributed by atoms with Gasteiger partial charge in [0.2, 0.25) is 0 Å². The van der Waals surface area contributed by atoms with E-state index in [9.17, 15) is 9.59 Å². The number of benzene rings is 2. The van der Waals surface area contributed by atoms with E-state index in [-0.39, 0.29) is 24.2 Å². The van der Waals surface area contributed by atoms with Crippen LogP contribution >= 0.6 is 0 Å². The number of likely N-dealkylation sites (tertiary alicyclic amines) is 1. The van der Waals surface area contributed by atoms with E-state index in [1.54, 1.807) is 56.6 Å². The summed E-state index contributed by atoms with van der Waals surface area (Å²) in [6.07, 6.45) is 2.12. The molecule has 0 unspecified atom stereocenters. The summed E-state index contributed by atoms with van der Waals surface area (Å²) in [4.78, 5) is 33.5. The molecule has 0 bridgehead atoms. The topological polar surface area (TPSA) is 96.1 Å². The SMILES string of the molecule is CCN1CCC[C@@H]1CN(Cc1cc2cc(OC)c(OC)cc2[nH]c1=O)C(=O)Nc1ccc(OC)cc1. The monoisotopic (exact) mass is 494 g/mol. The number of nitrogens with zero attached hydrogens (tertiary/aromatic N) is 2. The molecule has 0 aliphatic carbocycles. The van der Waals surface area contributed by atoms with Gasteiger partial charge in [-0.15, -0.1) is 0 Å². The fraction of sp³-hybridized carbons (Fsp3) is 0.407. The van der Waals surface area contributed by atoms with Gasteiger partial charge in [0.25, 0.3) is 5.56 Å². The molecule has 2 N–H and O–H groups in total. The van der Waals surface area contributed by atoms with E-state index < -0.39 is 0 Å². The molecule has 0 radical (unpaired) electrons. The molecule has 3 aromatic rings. The van der Waals surface area contributed by atoms with Crippen molar-refractivity contribution in [3.8, 4) is 17.2 Å². The molecule has 192 valence electrons. The molecule has 1 aliphatic rings. The molecule has 1 aromatic heterocycles. The fourth-order valence-electron chi connectivity index (χ4n) is 4.77. The zero-order chi connectivity index (χ0) is 25.7. The molecule has 2 aromatic carbocycles. The van der Waals surface area contributed by atoms with Crippen LogP contribution in [0.15, 0.2) is 47.3 Å². The van der Waals surface area contributed by atoms with Gasteiger partial charge in [-0.3, -0.25) is 9.69 Å². The Hall–Kier alpha value is -3.72. The Kier molecular flexibility index (Phi) is 8.00. The highest BCUT2D eigenvalue weighted by Crippen LogP contribution is 2.31. The number of aromatic amines is 1. The second kappa shape index (κ2) is 11.3. The zero-order valence-corrected chi connectivity index (χ0v) is 21.3. The number of H-pyrrole nitrogens is 1. The molecule has 4 rings (SSSR count). The summed E-state index contributed by atoms with van der Waals surface area (Å²) in [6.45, 7) is 4.79. The van der Waals surface area contributed by atoms with Crippen LogP contribution in [-0.4, -0.2) is 67.8 Å². The molecule has 36 heavy (non-hydrogen) atoms. The number of methoxy groups -OCH3 is 3. The van der Waals surface area contributed by atoms with Crippen molar-refractivity contribution in [2.24, 2.45) is 0 Å². The van der Waals surface area contributed by atoms with E-state index in [2.05, 4.69) is 22.1 Å². The van der Waals surface area contributed by atoms with Crippen LogP contribution in [0.25, 0.3) is 10.9 Å². The Morgan fingerprint density at radius 1 is 1.08 bits per heavy atom. The Labute approximate surface area is 210 Å². The quantitative estimate of drug-likeness (QED) is 0.466. The zero-order valence-electron chi connectivity index (χ0n) is 21.3. The Morgan fingerprint density at radius 2 is 1.81 bits per heavy atom. The Morgan fingerprint density at radius 3 is 2.47 bits per heavy atom. The normalized spacial score (nSPS) is 15.6. The molecule has 9 nitrogen and oxygen atoms in total. The molecule has 1 aliphatic heterocycles. The highest BCUT2D eigenvalue weighted by atomic mass is 16.5. The number of nitrogens with one attached hydrogen (secondary N) is 2. The second-order valence-electron chi connectivity index (χ2n) is 8.88. The van der Waals surface area contributed by atoms with Crippen molar-refractivity contribution in [2.75, 3.05) is 46.3 Å².